The van der Waals surface area contributed by atoms with Crippen molar-refractivity contribution in [3.63, 3.8) is 0 Å². The Labute approximate surface area is 221 Å². The highest BCUT2D eigenvalue weighted by molar-refractivity contribution is 5.99. The van der Waals surface area contributed by atoms with E-state index in [0.717, 1.165) is 11.3 Å². The molecule has 0 atom stereocenters. The summed E-state index contributed by atoms with van der Waals surface area (Å²) >= 11 is 0. The molecule has 0 bridgehead atoms. The van der Waals surface area contributed by atoms with Crippen LogP contribution in [0.15, 0.2) is 78.9 Å². The summed E-state index contributed by atoms with van der Waals surface area (Å²) in [6.07, 6.45) is 0. The first-order chi connectivity index (χ1) is 18.4. The molecule has 9 nitrogen and oxygen atoms in total. The number of benzene rings is 3. The fourth-order valence-corrected chi connectivity index (χ4v) is 3.94. The van der Waals surface area contributed by atoms with Gasteiger partial charge in [0.1, 0.15) is 29.6 Å². The first-order valence-electron chi connectivity index (χ1n) is 12.1. The largest absolute Gasteiger partial charge is 0.497 e. The second-order valence-corrected chi connectivity index (χ2v) is 8.36. The summed E-state index contributed by atoms with van der Waals surface area (Å²) in [5.74, 6) is 1.50. The number of carbonyl (C=O) groups is 2. The Kier molecular flexibility index (Phi) is 8.27. The first kappa shape index (κ1) is 26.3. The Morgan fingerprint density at radius 3 is 2.05 bits per heavy atom. The van der Waals surface area contributed by atoms with E-state index < -0.39 is 0 Å². The van der Waals surface area contributed by atoms with Gasteiger partial charge in [-0.3, -0.25) is 9.59 Å². The number of ether oxygens (including phenoxy) is 3. The molecule has 1 N–H and O–H groups in total. The van der Waals surface area contributed by atoms with Crippen molar-refractivity contribution in [2.75, 3.05) is 39.7 Å². The van der Waals surface area contributed by atoms with Gasteiger partial charge in [0, 0.05) is 29.8 Å². The van der Waals surface area contributed by atoms with Gasteiger partial charge < -0.3 is 24.4 Å². The third-order valence-corrected chi connectivity index (χ3v) is 5.97. The van der Waals surface area contributed by atoms with Crippen LogP contribution in [0.2, 0.25) is 0 Å². The van der Waals surface area contributed by atoms with Gasteiger partial charge in [-0.05, 0) is 43.3 Å². The zero-order valence-corrected chi connectivity index (χ0v) is 21.8. The summed E-state index contributed by atoms with van der Waals surface area (Å²) in [7, 11) is 4.64. The van der Waals surface area contributed by atoms with Gasteiger partial charge in [0.25, 0.3) is 5.91 Å². The molecule has 0 saturated carbocycles. The maximum atomic E-state index is 13.2. The Morgan fingerprint density at radius 1 is 0.842 bits per heavy atom. The van der Waals surface area contributed by atoms with Crippen molar-refractivity contribution in [3.05, 3.63) is 84.4 Å². The zero-order chi connectivity index (χ0) is 27.1. The normalized spacial score (nSPS) is 10.5. The summed E-state index contributed by atoms with van der Waals surface area (Å²) in [6.45, 7) is 2.00. The molecular weight excluding hydrogens is 484 g/mol. The van der Waals surface area contributed by atoms with Crippen molar-refractivity contribution in [3.8, 4) is 34.2 Å². The standard InChI is InChI=1S/C29H30N4O5/c1-5-32(29(35)21-15-24(37-3)17-25(16-21)38-4)19-28(34)30-27-18-26(20-9-7-6-8-10-20)31-33(27)22-11-13-23(36-2)14-12-22/h6-18H,5,19H2,1-4H3,(H,30,34). The van der Waals surface area contributed by atoms with E-state index in [4.69, 9.17) is 19.3 Å². The minimum Gasteiger partial charge on any atom is -0.497 e. The number of aromatic nitrogens is 2. The van der Waals surface area contributed by atoms with Crippen LogP contribution < -0.4 is 19.5 Å². The third-order valence-electron chi connectivity index (χ3n) is 5.97. The van der Waals surface area contributed by atoms with Gasteiger partial charge in [0.05, 0.1) is 32.7 Å². The minimum absolute atomic E-state index is 0.149. The lowest BCUT2D eigenvalue weighted by Gasteiger charge is -2.21. The minimum atomic E-state index is -0.357. The smallest absolute Gasteiger partial charge is 0.254 e. The van der Waals surface area contributed by atoms with Crippen LogP contribution in [0.25, 0.3) is 16.9 Å². The topological polar surface area (TPSA) is 94.9 Å². The Balaban J connectivity index is 1.59. The van der Waals surface area contributed by atoms with Crippen LogP contribution in [0.5, 0.6) is 17.2 Å². The third kappa shape index (κ3) is 5.95. The summed E-state index contributed by atoms with van der Waals surface area (Å²) in [6, 6.07) is 23.8. The number of nitrogens with one attached hydrogen (secondary N) is 1. The molecule has 196 valence electrons. The van der Waals surface area contributed by atoms with Crippen molar-refractivity contribution in [2.24, 2.45) is 0 Å². The van der Waals surface area contributed by atoms with E-state index in [2.05, 4.69) is 5.32 Å². The molecule has 0 radical (unpaired) electrons. The fourth-order valence-electron chi connectivity index (χ4n) is 3.94. The van der Waals surface area contributed by atoms with Gasteiger partial charge in [-0.1, -0.05) is 30.3 Å². The molecule has 0 aliphatic heterocycles. The Morgan fingerprint density at radius 2 is 1.47 bits per heavy atom. The van der Waals surface area contributed by atoms with Crippen LogP contribution in [0.4, 0.5) is 5.82 Å². The molecule has 4 rings (SSSR count). The highest BCUT2D eigenvalue weighted by atomic mass is 16.5. The summed E-state index contributed by atoms with van der Waals surface area (Å²) in [5, 5.41) is 7.66. The summed E-state index contributed by atoms with van der Waals surface area (Å²) in [4.78, 5) is 27.9. The van der Waals surface area contributed by atoms with Gasteiger partial charge in [-0.2, -0.15) is 5.10 Å². The number of likely N-dealkylation sites (N-methyl/N-ethyl adjacent to an activating group) is 1. The summed E-state index contributed by atoms with van der Waals surface area (Å²) < 4.78 is 17.5. The Hall–Kier alpha value is -4.79. The molecule has 1 aromatic heterocycles. The molecule has 0 saturated heterocycles. The predicted molar refractivity (Wildman–Crippen MR) is 145 cm³/mol. The molecule has 0 aliphatic carbocycles. The van der Waals surface area contributed by atoms with E-state index in [0.29, 0.717) is 40.9 Å². The van der Waals surface area contributed by atoms with E-state index in [1.165, 1.54) is 19.1 Å². The van der Waals surface area contributed by atoms with Crippen molar-refractivity contribution >= 4 is 17.6 Å². The fraction of sp³-hybridized carbons (Fsp3) is 0.207. The number of amides is 2. The van der Waals surface area contributed by atoms with E-state index >= 15 is 0 Å². The maximum absolute atomic E-state index is 13.2. The predicted octanol–water partition coefficient (Wildman–Crippen LogP) is 4.67. The van der Waals surface area contributed by atoms with Gasteiger partial charge in [0.15, 0.2) is 0 Å². The molecule has 9 heteroatoms. The molecule has 38 heavy (non-hydrogen) atoms. The average Bonchev–Trinajstić information content (AvgIpc) is 3.39. The zero-order valence-electron chi connectivity index (χ0n) is 21.8. The van der Waals surface area contributed by atoms with Gasteiger partial charge in [-0.15, -0.1) is 0 Å². The van der Waals surface area contributed by atoms with E-state index in [1.54, 1.807) is 30.0 Å². The maximum Gasteiger partial charge on any atom is 0.254 e. The average molecular weight is 515 g/mol. The van der Waals surface area contributed by atoms with Crippen molar-refractivity contribution in [1.29, 1.82) is 0 Å². The molecule has 1 heterocycles. The molecule has 0 aliphatic rings. The highest BCUT2D eigenvalue weighted by Crippen LogP contribution is 2.26. The monoisotopic (exact) mass is 514 g/mol. The molecule has 0 unspecified atom stereocenters. The number of carbonyl (C=O) groups excluding carboxylic acids is 2. The van der Waals surface area contributed by atoms with E-state index in [9.17, 15) is 9.59 Å². The number of methoxy groups -OCH3 is 3. The quantitative estimate of drug-likeness (QED) is 0.331. The Bertz CT molecular complexity index is 1380. The number of rotatable bonds is 10. The molecule has 2 amide bonds. The van der Waals surface area contributed by atoms with Crippen LogP contribution in [0.3, 0.4) is 0 Å². The van der Waals surface area contributed by atoms with Gasteiger partial charge >= 0.3 is 0 Å². The highest BCUT2D eigenvalue weighted by Gasteiger charge is 2.21. The molecule has 4 aromatic rings. The molecular formula is C29H30N4O5. The van der Waals surface area contributed by atoms with Gasteiger partial charge in [-0.25, -0.2) is 4.68 Å². The van der Waals surface area contributed by atoms with E-state index in [1.807, 2.05) is 67.6 Å². The van der Waals surface area contributed by atoms with Crippen LogP contribution in [0, 0.1) is 0 Å². The number of hydrogen-bond donors (Lipinski definition) is 1. The van der Waals surface area contributed by atoms with Crippen LogP contribution in [-0.2, 0) is 4.79 Å². The summed E-state index contributed by atoms with van der Waals surface area (Å²) in [5.41, 5.74) is 2.72. The number of nitrogens with zero attached hydrogens (tertiary/aromatic N) is 3. The van der Waals surface area contributed by atoms with Gasteiger partial charge in [0.2, 0.25) is 5.91 Å². The lowest BCUT2D eigenvalue weighted by molar-refractivity contribution is -0.116. The van der Waals surface area contributed by atoms with Crippen LogP contribution >= 0.6 is 0 Å². The van der Waals surface area contributed by atoms with Crippen molar-refractivity contribution in [1.82, 2.24) is 14.7 Å². The second-order valence-electron chi connectivity index (χ2n) is 8.36. The van der Waals surface area contributed by atoms with Crippen LogP contribution in [-0.4, -0.2) is 60.9 Å². The van der Waals surface area contributed by atoms with Crippen molar-refractivity contribution in [2.45, 2.75) is 6.92 Å². The lowest BCUT2D eigenvalue weighted by Crippen LogP contribution is -2.38. The van der Waals surface area contributed by atoms with E-state index in [-0.39, 0.29) is 18.4 Å². The number of anilines is 1. The van der Waals surface area contributed by atoms with Crippen molar-refractivity contribution < 1.29 is 23.8 Å². The molecule has 3 aromatic carbocycles. The SMILES string of the molecule is CCN(CC(=O)Nc1cc(-c2ccccc2)nn1-c1ccc(OC)cc1)C(=O)c1cc(OC)cc(OC)c1. The lowest BCUT2D eigenvalue weighted by atomic mass is 10.1. The second kappa shape index (κ2) is 12.0. The number of hydrogen-bond acceptors (Lipinski definition) is 6. The molecule has 0 fully saturated rings. The first-order valence-corrected chi connectivity index (χ1v) is 12.1. The molecule has 0 spiro atoms. The van der Waals surface area contributed by atoms with Crippen LogP contribution in [0.1, 0.15) is 17.3 Å².